The van der Waals surface area contributed by atoms with Crippen molar-refractivity contribution in [3.63, 3.8) is 0 Å². The van der Waals surface area contributed by atoms with Crippen molar-refractivity contribution in [1.82, 2.24) is 0 Å². The van der Waals surface area contributed by atoms with E-state index >= 15 is 0 Å². The second kappa shape index (κ2) is 4.11. The fourth-order valence-electron chi connectivity index (χ4n) is 1.06. The van der Waals surface area contributed by atoms with Crippen molar-refractivity contribution in [3.05, 3.63) is 35.9 Å². The van der Waals surface area contributed by atoms with Crippen molar-refractivity contribution < 1.29 is 0 Å². The van der Waals surface area contributed by atoms with Gasteiger partial charge in [0.1, 0.15) is 4.32 Å². The van der Waals surface area contributed by atoms with Crippen LogP contribution in [0.5, 0.6) is 0 Å². The Bertz CT molecular complexity index is 293. The van der Waals surface area contributed by atoms with Crippen LogP contribution < -0.4 is 5.73 Å². The third-order valence-corrected chi connectivity index (χ3v) is 5.41. The number of benzene rings is 1. The van der Waals surface area contributed by atoms with E-state index in [0.29, 0.717) is 4.32 Å². The lowest BCUT2D eigenvalue weighted by molar-refractivity contribution is 1.40. The summed E-state index contributed by atoms with van der Waals surface area (Å²) in [5.74, 6) is 0.989. The molecule has 0 fully saturated rings. The summed E-state index contributed by atoms with van der Waals surface area (Å²) in [5.41, 5.74) is 7.00. The maximum atomic E-state index is 5.69. The van der Waals surface area contributed by atoms with Crippen LogP contribution in [-0.2, 0) is 5.75 Å². The van der Waals surface area contributed by atoms with Gasteiger partial charge in [0.05, 0.1) is 0 Å². The van der Waals surface area contributed by atoms with E-state index in [-0.39, 0.29) is 0 Å². The fraction of sp³-hybridized carbons (Fsp3) is 0.300. The van der Waals surface area contributed by atoms with E-state index in [0.717, 1.165) is 5.75 Å². The Morgan fingerprint density at radius 1 is 1.31 bits per heavy atom. The normalized spacial score (nSPS) is 12.5. The van der Waals surface area contributed by atoms with Crippen LogP contribution in [0.1, 0.15) is 5.56 Å². The molecule has 1 rings (SSSR count). The lowest BCUT2D eigenvalue weighted by Crippen LogP contribution is -2.18. The van der Waals surface area contributed by atoms with Crippen LogP contribution in [0, 0.1) is 0 Å². The van der Waals surface area contributed by atoms with Gasteiger partial charge in [-0.05, 0) is 18.1 Å². The molecule has 0 aromatic heterocycles. The van der Waals surface area contributed by atoms with Gasteiger partial charge in [-0.25, -0.2) is 0 Å². The first kappa shape index (κ1) is 10.5. The fourth-order valence-corrected chi connectivity index (χ4v) is 2.41. The summed E-state index contributed by atoms with van der Waals surface area (Å²) in [7, 11) is -0.942. The van der Waals surface area contributed by atoms with Crippen molar-refractivity contribution in [2.75, 3.05) is 12.5 Å². The summed E-state index contributed by atoms with van der Waals surface area (Å²) in [4.78, 5) is 0. The zero-order valence-electron chi connectivity index (χ0n) is 7.99. The van der Waals surface area contributed by atoms with Crippen molar-refractivity contribution >= 4 is 26.6 Å². The molecule has 0 saturated carbocycles. The molecule has 0 spiro atoms. The van der Waals surface area contributed by atoms with Gasteiger partial charge in [-0.1, -0.05) is 42.5 Å². The Morgan fingerprint density at radius 2 is 1.85 bits per heavy atom. The molecule has 72 valence electrons. The number of nitrogens with two attached hydrogens (primary N) is 1. The van der Waals surface area contributed by atoms with Crippen LogP contribution >= 0.6 is 22.2 Å². The van der Waals surface area contributed by atoms with Crippen LogP contribution in [0.3, 0.4) is 0 Å². The average Bonchev–Trinajstić information content (AvgIpc) is 2.05. The Kier molecular flexibility index (Phi) is 3.33. The molecule has 13 heavy (non-hydrogen) atoms. The van der Waals surface area contributed by atoms with E-state index in [4.69, 9.17) is 18.0 Å². The Labute approximate surface area is 86.6 Å². The van der Waals surface area contributed by atoms with Crippen molar-refractivity contribution in [3.8, 4) is 0 Å². The summed E-state index contributed by atoms with van der Waals surface area (Å²) in [6.45, 7) is 0. The minimum absolute atomic E-state index is 0.663. The Morgan fingerprint density at radius 3 is 2.31 bits per heavy atom. The number of hydrogen-bond acceptors (Lipinski definition) is 1. The highest BCUT2D eigenvalue weighted by Crippen LogP contribution is 2.43. The van der Waals surface area contributed by atoms with E-state index in [1.54, 1.807) is 0 Å². The summed E-state index contributed by atoms with van der Waals surface area (Å²) < 4.78 is 0.663. The summed E-state index contributed by atoms with van der Waals surface area (Å²) in [6, 6.07) is 10.3. The minimum atomic E-state index is -0.942. The number of rotatable bonds is 2. The Hall–Kier alpha value is -0.540. The summed E-state index contributed by atoms with van der Waals surface area (Å²) in [6.07, 6.45) is 4.31. The van der Waals surface area contributed by atoms with Crippen LogP contribution in [0.2, 0.25) is 0 Å². The molecule has 0 atom stereocenters. The predicted molar refractivity (Wildman–Crippen MR) is 66.4 cm³/mol. The van der Waals surface area contributed by atoms with E-state index in [9.17, 15) is 0 Å². The van der Waals surface area contributed by atoms with Gasteiger partial charge in [0.15, 0.2) is 0 Å². The molecule has 0 unspecified atom stereocenters. The molecule has 0 amide bonds. The molecule has 1 aromatic carbocycles. The topological polar surface area (TPSA) is 26.0 Å². The molecule has 0 aliphatic rings. The first-order chi connectivity index (χ1) is 6.02. The van der Waals surface area contributed by atoms with Crippen LogP contribution in [0.15, 0.2) is 30.3 Å². The smallest absolute Gasteiger partial charge is 0.113 e. The molecule has 0 saturated heterocycles. The molecule has 3 heteroatoms. The van der Waals surface area contributed by atoms with Crippen molar-refractivity contribution in [2.45, 2.75) is 5.75 Å². The highest BCUT2D eigenvalue weighted by Gasteiger charge is 2.15. The van der Waals surface area contributed by atoms with Crippen molar-refractivity contribution in [1.29, 1.82) is 0 Å². The summed E-state index contributed by atoms with van der Waals surface area (Å²) in [5, 5.41) is 0. The molecular weight excluding hydrogens is 198 g/mol. The third-order valence-electron chi connectivity index (χ3n) is 1.91. The van der Waals surface area contributed by atoms with Gasteiger partial charge in [0.2, 0.25) is 0 Å². The molecule has 0 bridgehead atoms. The molecule has 1 nitrogen and oxygen atoms in total. The van der Waals surface area contributed by atoms with Crippen LogP contribution in [0.4, 0.5) is 0 Å². The maximum Gasteiger partial charge on any atom is 0.113 e. The van der Waals surface area contributed by atoms with Gasteiger partial charge in [0.25, 0.3) is 0 Å². The first-order valence-corrected chi connectivity index (χ1v) is 7.09. The lowest BCUT2D eigenvalue weighted by atomic mass is 10.2. The van der Waals surface area contributed by atoms with Crippen LogP contribution in [-0.4, -0.2) is 16.8 Å². The minimum Gasteiger partial charge on any atom is -0.386 e. The molecule has 0 aliphatic carbocycles. The van der Waals surface area contributed by atoms with Crippen molar-refractivity contribution in [2.24, 2.45) is 5.73 Å². The van der Waals surface area contributed by atoms with Gasteiger partial charge >= 0.3 is 0 Å². The molecule has 2 N–H and O–H groups in total. The molecule has 0 radical (unpaired) electrons. The van der Waals surface area contributed by atoms with Gasteiger partial charge in [-0.15, -0.1) is 0 Å². The average molecular weight is 213 g/mol. The van der Waals surface area contributed by atoms with E-state index in [2.05, 4.69) is 24.6 Å². The van der Waals surface area contributed by atoms with Gasteiger partial charge in [-0.3, -0.25) is 0 Å². The van der Waals surface area contributed by atoms with E-state index < -0.39 is 10.0 Å². The molecule has 0 aliphatic heterocycles. The van der Waals surface area contributed by atoms with Gasteiger partial charge < -0.3 is 5.73 Å². The zero-order chi connectivity index (χ0) is 9.90. The maximum absolute atomic E-state index is 5.69. The second-order valence-corrected chi connectivity index (χ2v) is 7.99. The summed E-state index contributed by atoms with van der Waals surface area (Å²) >= 11 is 5.05. The molecule has 1 aromatic rings. The SMILES string of the molecule is CS(C)(Cc1ccccc1)C(N)=S. The monoisotopic (exact) mass is 213 g/mol. The molecular formula is C10H15NS2. The quantitative estimate of drug-likeness (QED) is 0.764. The number of hydrogen-bond donors (Lipinski definition) is 1. The van der Waals surface area contributed by atoms with E-state index in [1.807, 2.05) is 18.2 Å². The second-order valence-electron chi connectivity index (χ2n) is 3.49. The largest absolute Gasteiger partial charge is 0.386 e. The predicted octanol–water partition coefficient (Wildman–Crippen LogP) is 2.49. The number of thiocarbonyl (C=S) groups is 1. The van der Waals surface area contributed by atoms with E-state index in [1.165, 1.54) is 5.56 Å². The van der Waals surface area contributed by atoms with Crippen LogP contribution in [0.25, 0.3) is 0 Å². The lowest BCUT2D eigenvalue weighted by Gasteiger charge is -2.29. The standard InChI is InChI=1S/C10H15NS2/c1-13(2,10(11)12)8-9-6-4-3-5-7-9/h3-7H,8H2,1-2H3,(H2,11,12). The third kappa shape index (κ3) is 3.01. The molecule has 0 heterocycles. The first-order valence-electron chi connectivity index (χ1n) is 4.07. The van der Waals surface area contributed by atoms with Gasteiger partial charge in [0, 0.05) is 5.75 Å². The van der Waals surface area contributed by atoms with Gasteiger partial charge in [-0.2, -0.15) is 10.0 Å². The zero-order valence-corrected chi connectivity index (χ0v) is 9.62. The highest BCUT2D eigenvalue weighted by molar-refractivity contribution is 8.48. The Balaban J connectivity index is 2.75. The highest BCUT2D eigenvalue weighted by atomic mass is 32.3.